The summed E-state index contributed by atoms with van der Waals surface area (Å²) >= 11 is 0. The van der Waals surface area contributed by atoms with Crippen molar-refractivity contribution in [1.82, 2.24) is 5.32 Å². The van der Waals surface area contributed by atoms with Crippen molar-refractivity contribution in [3.8, 4) is 0 Å². The van der Waals surface area contributed by atoms with Gasteiger partial charge < -0.3 is 15.4 Å². The summed E-state index contributed by atoms with van der Waals surface area (Å²) in [6, 6.07) is 8.34. The van der Waals surface area contributed by atoms with E-state index in [-0.39, 0.29) is 28.6 Å². The summed E-state index contributed by atoms with van der Waals surface area (Å²) in [4.78, 5) is 13.0. The van der Waals surface area contributed by atoms with Crippen molar-refractivity contribution in [3.05, 3.63) is 29.8 Å². The van der Waals surface area contributed by atoms with Gasteiger partial charge in [0.2, 0.25) is 5.91 Å². The monoisotopic (exact) mass is 300 g/mol. The van der Waals surface area contributed by atoms with Gasteiger partial charge >= 0.3 is 0 Å². The maximum atomic E-state index is 13.0. The minimum atomic E-state index is -0.377. The van der Waals surface area contributed by atoms with E-state index in [0.29, 0.717) is 0 Å². The third-order valence-electron chi connectivity index (χ3n) is 5.83. The maximum absolute atomic E-state index is 13.0. The molecule has 0 spiro atoms. The molecule has 1 atom stereocenters. The van der Waals surface area contributed by atoms with Gasteiger partial charge in [-0.05, 0) is 51.7 Å². The fourth-order valence-corrected chi connectivity index (χ4v) is 4.79. The largest absolute Gasteiger partial charge is 0.385 e. The first kappa shape index (κ1) is 14.1. The van der Waals surface area contributed by atoms with Crippen LogP contribution >= 0.6 is 0 Å². The quantitative estimate of drug-likeness (QED) is 0.883. The van der Waals surface area contributed by atoms with E-state index in [1.54, 1.807) is 0 Å². The van der Waals surface area contributed by atoms with E-state index < -0.39 is 0 Å². The number of nitrogens with one attached hydrogen (secondary N) is 2. The van der Waals surface area contributed by atoms with E-state index in [1.165, 1.54) is 5.56 Å². The molecule has 4 heteroatoms. The van der Waals surface area contributed by atoms with Gasteiger partial charge in [-0.3, -0.25) is 4.79 Å². The van der Waals surface area contributed by atoms with Crippen LogP contribution in [-0.2, 0) is 9.53 Å². The smallest absolute Gasteiger partial charge is 0.229 e. The second-order valence-corrected chi connectivity index (χ2v) is 7.83. The van der Waals surface area contributed by atoms with Gasteiger partial charge in [0.15, 0.2) is 0 Å². The van der Waals surface area contributed by atoms with Gasteiger partial charge in [-0.2, -0.15) is 0 Å². The van der Waals surface area contributed by atoms with Crippen LogP contribution in [0.3, 0.4) is 0 Å². The number of hydrogen-bond acceptors (Lipinski definition) is 3. The number of rotatable bonds is 2. The molecule has 0 radical (unpaired) electrons. The van der Waals surface area contributed by atoms with Gasteiger partial charge in [-0.25, -0.2) is 0 Å². The Bertz CT molecular complexity index is 632. The predicted molar refractivity (Wildman–Crippen MR) is 85.7 cm³/mol. The first-order chi connectivity index (χ1) is 10.4. The van der Waals surface area contributed by atoms with E-state index in [2.05, 4.69) is 43.5 Å². The van der Waals surface area contributed by atoms with Gasteiger partial charge in [0.1, 0.15) is 0 Å². The molecule has 22 heavy (non-hydrogen) atoms. The Kier molecular flexibility index (Phi) is 2.72. The van der Waals surface area contributed by atoms with Crippen LogP contribution in [0.25, 0.3) is 0 Å². The van der Waals surface area contributed by atoms with E-state index in [4.69, 9.17) is 4.74 Å². The lowest BCUT2D eigenvalue weighted by molar-refractivity contribution is -0.139. The summed E-state index contributed by atoms with van der Waals surface area (Å²) < 4.78 is 6.12. The van der Waals surface area contributed by atoms with Gasteiger partial charge in [0.25, 0.3) is 0 Å². The number of carbonyl (C=O) groups excluding carboxylic acids is 1. The Morgan fingerprint density at radius 3 is 2.68 bits per heavy atom. The highest BCUT2D eigenvalue weighted by Gasteiger charge is 2.73. The summed E-state index contributed by atoms with van der Waals surface area (Å²) in [6.45, 7) is 7.13. The number of para-hydroxylation sites is 1. The highest BCUT2D eigenvalue weighted by molar-refractivity contribution is 5.87. The van der Waals surface area contributed by atoms with Crippen LogP contribution in [0.5, 0.6) is 0 Å². The fraction of sp³-hybridized carbons (Fsp3) is 0.611. The Balaban J connectivity index is 1.57. The topological polar surface area (TPSA) is 50.4 Å². The molecule has 4 aliphatic rings. The second-order valence-electron chi connectivity index (χ2n) is 7.83. The van der Waals surface area contributed by atoms with Crippen molar-refractivity contribution in [2.75, 3.05) is 11.9 Å². The molecule has 2 bridgehead atoms. The van der Waals surface area contributed by atoms with Crippen LogP contribution < -0.4 is 10.6 Å². The predicted octanol–water partition coefficient (Wildman–Crippen LogP) is 3.01. The molecule has 118 valence electrons. The molecule has 4 nitrogen and oxygen atoms in total. The van der Waals surface area contributed by atoms with Gasteiger partial charge in [0, 0.05) is 12.2 Å². The number of fused-ring (bicyclic) bond motifs is 2. The Hall–Kier alpha value is -1.55. The first-order valence-electron chi connectivity index (χ1n) is 8.19. The summed E-state index contributed by atoms with van der Waals surface area (Å²) in [6.07, 6.45) is 2.61. The summed E-state index contributed by atoms with van der Waals surface area (Å²) in [5.41, 5.74) is 1.49. The number of carbonyl (C=O) groups is 1. The number of anilines is 1. The van der Waals surface area contributed by atoms with Gasteiger partial charge in [-0.1, -0.05) is 18.2 Å². The van der Waals surface area contributed by atoms with Crippen molar-refractivity contribution >= 4 is 11.6 Å². The SMILES string of the molecule is CC12CC(C(=O)NC3CCNc4ccccc43)(C1)C(C)(C)O2. The van der Waals surface area contributed by atoms with Crippen molar-refractivity contribution < 1.29 is 9.53 Å². The highest BCUT2D eigenvalue weighted by atomic mass is 16.5. The summed E-state index contributed by atoms with van der Waals surface area (Å²) in [7, 11) is 0. The molecule has 1 unspecified atom stereocenters. The molecule has 3 heterocycles. The lowest BCUT2D eigenvalue weighted by atomic mass is 9.56. The fourth-order valence-electron chi connectivity index (χ4n) is 4.79. The molecule has 3 fully saturated rings. The van der Waals surface area contributed by atoms with Gasteiger partial charge in [-0.15, -0.1) is 0 Å². The van der Waals surface area contributed by atoms with Crippen LogP contribution in [0.1, 0.15) is 51.6 Å². The van der Waals surface area contributed by atoms with Crippen molar-refractivity contribution in [2.24, 2.45) is 5.41 Å². The van der Waals surface area contributed by atoms with E-state index in [1.807, 2.05) is 12.1 Å². The molecule has 1 saturated carbocycles. The molecule has 1 aromatic carbocycles. The Labute approximate surface area is 131 Å². The molecule has 1 aliphatic carbocycles. The Morgan fingerprint density at radius 1 is 1.27 bits per heavy atom. The molecule has 2 saturated heterocycles. The van der Waals surface area contributed by atoms with E-state index >= 15 is 0 Å². The van der Waals surface area contributed by atoms with Crippen molar-refractivity contribution in [3.63, 3.8) is 0 Å². The minimum absolute atomic E-state index is 0.0996. The highest BCUT2D eigenvalue weighted by Crippen LogP contribution is 2.66. The molecular weight excluding hydrogens is 276 g/mol. The van der Waals surface area contributed by atoms with E-state index in [0.717, 1.165) is 31.5 Å². The number of ether oxygens (including phenoxy) is 1. The molecular formula is C18H24N2O2. The molecule has 1 amide bonds. The Morgan fingerprint density at radius 2 is 2.00 bits per heavy atom. The number of hydrogen-bond donors (Lipinski definition) is 2. The molecule has 5 rings (SSSR count). The first-order valence-corrected chi connectivity index (χ1v) is 8.19. The zero-order valence-corrected chi connectivity index (χ0v) is 13.5. The lowest BCUT2D eigenvalue weighted by Gasteiger charge is -2.45. The van der Waals surface area contributed by atoms with Crippen molar-refractivity contribution in [2.45, 2.75) is 57.3 Å². The molecule has 1 aromatic rings. The molecule has 3 aliphatic heterocycles. The molecule has 0 aromatic heterocycles. The summed E-state index contributed by atoms with van der Waals surface area (Å²) in [5.74, 6) is 0.161. The third-order valence-corrected chi connectivity index (χ3v) is 5.83. The number of benzene rings is 1. The zero-order valence-electron chi connectivity index (χ0n) is 13.5. The van der Waals surface area contributed by atoms with Crippen molar-refractivity contribution in [1.29, 1.82) is 0 Å². The average Bonchev–Trinajstić information content (AvgIpc) is 2.78. The second kappa shape index (κ2) is 4.25. The number of amides is 1. The van der Waals surface area contributed by atoms with Crippen LogP contribution in [-0.4, -0.2) is 23.7 Å². The normalized spacial score (nSPS) is 37.7. The van der Waals surface area contributed by atoms with E-state index in [9.17, 15) is 4.79 Å². The zero-order chi connectivity index (χ0) is 15.6. The lowest BCUT2D eigenvalue weighted by Crippen LogP contribution is -2.56. The van der Waals surface area contributed by atoms with Crippen LogP contribution in [0.4, 0.5) is 5.69 Å². The third kappa shape index (κ3) is 1.76. The van der Waals surface area contributed by atoms with Crippen LogP contribution in [0.2, 0.25) is 0 Å². The maximum Gasteiger partial charge on any atom is 0.229 e. The average molecular weight is 300 g/mol. The summed E-state index contributed by atoms with van der Waals surface area (Å²) in [5, 5.41) is 6.71. The van der Waals surface area contributed by atoms with Crippen LogP contribution in [0.15, 0.2) is 24.3 Å². The van der Waals surface area contributed by atoms with Crippen LogP contribution in [0, 0.1) is 5.41 Å². The standard InChI is InChI=1S/C18H24N2O2/c1-16(2)18(10-17(3,11-18)22-16)15(21)20-14-8-9-19-13-7-5-4-6-12(13)14/h4-7,14,19H,8-11H2,1-3H3,(H,20,21). The minimum Gasteiger partial charge on any atom is -0.385 e. The molecule has 2 N–H and O–H groups in total. The van der Waals surface area contributed by atoms with Gasteiger partial charge in [0.05, 0.1) is 22.7 Å².